The van der Waals surface area contributed by atoms with Gasteiger partial charge >= 0.3 is 6.18 Å². The third kappa shape index (κ3) is 4.45. The molecule has 4 aromatic rings. The summed E-state index contributed by atoms with van der Waals surface area (Å²) in [6.45, 7) is 2.96. The van der Waals surface area contributed by atoms with Crippen molar-refractivity contribution in [2.45, 2.75) is 25.9 Å². The Hall–Kier alpha value is -3.54. The zero-order valence-corrected chi connectivity index (χ0v) is 18.9. The zero-order valence-electron chi connectivity index (χ0n) is 18.1. The van der Waals surface area contributed by atoms with Gasteiger partial charge in [-0.15, -0.1) is 26.6 Å². The number of fused-ring (bicyclic) bond motifs is 1. The molecule has 0 aliphatic carbocycles. The number of piperidine rings is 1. The Morgan fingerprint density at radius 3 is 2.47 bits per heavy atom. The largest absolute Gasteiger partial charge is 0.453 e. The molecule has 5 rings (SSSR count). The molecule has 1 aliphatic rings. The standard InChI is InChI=1S/C22H20F3N7OS/c1-13-26-17(12-34-13)14-2-4-16(5-3-14)27-20(33)15-8-10-31(11-9-15)19-7-6-18-28-29-21(22(23,24)25)32(18)30-19/h2-7,12,15H,8-11H2,1H3,(H,27,33). The van der Waals surface area contributed by atoms with E-state index >= 15 is 0 Å². The minimum Gasteiger partial charge on any atom is -0.355 e. The van der Waals surface area contributed by atoms with E-state index in [4.69, 9.17) is 0 Å². The average molecular weight is 488 g/mol. The summed E-state index contributed by atoms with van der Waals surface area (Å²) in [5.41, 5.74) is 2.64. The van der Waals surface area contributed by atoms with Crippen LogP contribution in [0.3, 0.4) is 0 Å². The third-order valence-electron chi connectivity index (χ3n) is 5.76. The van der Waals surface area contributed by atoms with E-state index in [9.17, 15) is 18.0 Å². The Labute approximate surface area is 196 Å². The highest BCUT2D eigenvalue weighted by Crippen LogP contribution is 2.29. The molecule has 0 bridgehead atoms. The van der Waals surface area contributed by atoms with Crippen LogP contribution in [-0.4, -0.2) is 43.8 Å². The van der Waals surface area contributed by atoms with E-state index < -0.39 is 12.0 Å². The van der Waals surface area contributed by atoms with Gasteiger partial charge in [0, 0.05) is 35.6 Å². The van der Waals surface area contributed by atoms with Crippen molar-refractivity contribution < 1.29 is 18.0 Å². The number of anilines is 2. The number of amides is 1. The van der Waals surface area contributed by atoms with Crippen LogP contribution in [0.1, 0.15) is 23.7 Å². The molecule has 4 heterocycles. The molecule has 0 saturated carbocycles. The number of aromatic nitrogens is 5. The molecular weight excluding hydrogens is 467 g/mol. The average Bonchev–Trinajstić information content (AvgIpc) is 3.45. The molecule has 0 atom stereocenters. The van der Waals surface area contributed by atoms with Crippen molar-refractivity contribution in [1.29, 1.82) is 0 Å². The van der Waals surface area contributed by atoms with Crippen LogP contribution < -0.4 is 10.2 Å². The molecule has 0 spiro atoms. The summed E-state index contributed by atoms with van der Waals surface area (Å²) >= 11 is 1.59. The lowest BCUT2D eigenvalue weighted by Crippen LogP contribution is -2.38. The molecule has 0 unspecified atom stereocenters. The molecule has 1 saturated heterocycles. The SMILES string of the molecule is Cc1nc(-c2ccc(NC(=O)C3CCN(c4ccc5nnc(C(F)(F)F)n5n4)CC3)cc2)cs1. The monoisotopic (exact) mass is 487 g/mol. The van der Waals surface area contributed by atoms with Gasteiger partial charge in [-0.25, -0.2) is 4.98 Å². The first-order valence-corrected chi connectivity index (χ1v) is 11.5. The highest BCUT2D eigenvalue weighted by Gasteiger charge is 2.38. The Balaban J connectivity index is 1.21. The van der Waals surface area contributed by atoms with Crippen LogP contribution in [0.5, 0.6) is 0 Å². The van der Waals surface area contributed by atoms with Crippen LogP contribution >= 0.6 is 11.3 Å². The van der Waals surface area contributed by atoms with E-state index in [1.165, 1.54) is 6.07 Å². The van der Waals surface area contributed by atoms with E-state index in [0.29, 0.717) is 42.0 Å². The molecule has 3 aromatic heterocycles. The summed E-state index contributed by atoms with van der Waals surface area (Å²) in [6.07, 6.45) is -3.51. The quantitative estimate of drug-likeness (QED) is 0.458. The topological polar surface area (TPSA) is 88.3 Å². The minimum absolute atomic E-state index is 0.0290. The number of thiazole rings is 1. The van der Waals surface area contributed by atoms with Gasteiger partial charge in [0.15, 0.2) is 5.65 Å². The predicted octanol–water partition coefficient (Wildman–Crippen LogP) is 4.43. The molecule has 1 aromatic carbocycles. The van der Waals surface area contributed by atoms with Crippen molar-refractivity contribution in [2.24, 2.45) is 5.92 Å². The van der Waals surface area contributed by atoms with Gasteiger partial charge in [0.25, 0.3) is 5.82 Å². The molecule has 1 N–H and O–H groups in total. The number of nitrogens with one attached hydrogen (secondary N) is 1. The van der Waals surface area contributed by atoms with Crippen LogP contribution in [0.2, 0.25) is 0 Å². The smallest absolute Gasteiger partial charge is 0.355 e. The normalized spacial score (nSPS) is 15.1. The second-order valence-electron chi connectivity index (χ2n) is 8.06. The maximum Gasteiger partial charge on any atom is 0.453 e. The van der Waals surface area contributed by atoms with Crippen molar-refractivity contribution in [1.82, 2.24) is 24.8 Å². The van der Waals surface area contributed by atoms with Gasteiger partial charge in [-0.1, -0.05) is 12.1 Å². The fourth-order valence-corrected chi connectivity index (χ4v) is 4.58. The van der Waals surface area contributed by atoms with Gasteiger partial charge in [0.2, 0.25) is 5.91 Å². The van der Waals surface area contributed by atoms with Crippen molar-refractivity contribution in [3.63, 3.8) is 0 Å². The summed E-state index contributed by atoms with van der Waals surface area (Å²) in [5, 5.41) is 16.8. The van der Waals surface area contributed by atoms with Gasteiger partial charge in [-0.05, 0) is 44.0 Å². The Morgan fingerprint density at radius 1 is 1.09 bits per heavy atom. The molecule has 176 valence electrons. The van der Waals surface area contributed by atoms with Crippen LogP contribution in [0.25, 0.3) is 16.9 Å². The fraction of sp³-hybridized carbons (Fsp3) is 0.318. The first-order valence-electron chi connectivity index (χ1n) is 10.7. The first-order chi connectivity index (χ1) is 16.3. The molecule has 1 amide bonds. The molecule has 1 fully saturated rings. The summed E-state index contributed by atoms with van der Waals surface area (Å²) in [7, 11) is 0. The van der Waals surface area contributed by atoms with Gasteiger partial charge < -0.3 is 10.2 Å². The van der Waals surface area contributed by atoms with Crippen molar-refractivity contribution >= 4 is 34.4 Å². The van der Waals surface area contributed by atoms with Crippen LogP contribution in [0.15, 0.2) is 41.8 Å². The Kier molecular flexibility index (Phi) is 5.68. The Bertz CT molecular complexity index is 1320. The predicted molar refractivity (Wildman–Crippen MR) is 122 cm³/mol. The number of carbonyl (C=O) groups excluding carboxylic acids is 1. The second kappa shape index (κ2) is 8.67. The van der Waals surface area contributed by atoms with E-state index in [2.05, 4.69) is 25.6 Å². The number of nitrogens with zero attached hydrogens (tertiary/aromatic N) is 6. The Morgan fingerprint density at radius 2 is 1.82 bits per heavy atom. The van der Waals surface area contributed by atoms with Crippen LogP contribution in [0.4, 0.5) is 24.7 Å². The van der Waals surface area contributed by atoms with E-state index in [0.717, 1.165) is 16.3 Å². The van der Waals surface area contributed by atoms with Crippen LogP contribution in [-0.2, 0) is 11.0 Å². The zero-order chi connectivity index (χ0) is 23.9. The lowest BCUT2D eigenvalue weighted by Gasteiger charge is -2.32. The summed E-state index contributed by atoms with van der Waals surface area (Å²) < 4.78 is 40.1. The molecule has 34 heavy (non-hydrogen) atoms. The van der Waals surface area contributed by atoms with Gasteiger partial charge in [-0.3, -0.25) is 4.79 Å². The third-order valence-corrected chi connectivity index (χ3v) is 6.53. The van der Waals surface area contributed by atoms with E-state index in [-0.39, 0.29) is 17.5 Å². The summed E-state index contributed by atoms with van der Waals surface area (Å²) in [6, 6.07) is 10.6. The van der Waals surface area contributed by atoms with Gasteiger partial charge in [-0.2, -0.15) is 17.7 Å². The minimum atomic E-state index is -4.65. The first kappa shape index (κ1) is 22.3. The number of hydrogen-bond donors (Lipinski definition) is 1. The number of rotatable bonds is 4. The van der Waals surface area contributed by atoms with Gasteiger partial charge in [0.05, 0.1) is 10.7 Å². The second-order valence-corrected chi connectivity index (χ2v) is 9.12. The molecule has 8 nitrogen and oxygen atoms in total. The number of hydrogen-bond acceptors (Lipinski definition) is 7. The maximum absolute atomic E-state index is 13.1. The molecule has 1 aliphatic heterocycles. The number of alkyl halides is 3. The molecular formula is C22H20F3N7OS. The summed E-state index contributed by atoms with van der Waals surface area (Å²) in [5.74, 6) is -1.03. The number of halogens is 3. The van der Waals surface area contributed by atoms with Crippen molar-refractivity contribution in [2.75, 3.05) is 23.3 Å². The number of carbonyl (C=O) groups is 1. The highest BCUT2D eigenvalue weighted by molar-refractivity contribution is 7.09. The van der Waals surface area contributed by atoms with E-state index in [1.54, 1.807) is 17.4 Å². The lowest BCUT2D eigenvalue weighted by molar-refractivity contribution is -0.146. The van der Waals surface area contributed by atoms with Gasteiger partial charge in [0.1, 0.15) is 5.82 Å². The van der Waals surface area contributed by atoms with Crippen molar-refractivity contribution in [3.05, 3.63) is 52.6 Å². The lowest BCUT2D eigenvalue weighted by atomic mass is 9.95. The maximum atomic E-state index is 13.1. The summed E-state index contributed by atoms with van der Waals surface area (Å²) in [4.78, 5) is 19.1. The van der Waals surface area contributed by atoms with Crippen LogP contribution in [0, 0.1) is 12.8 Å². The highest BCUT2D eigenvalue weighted by atomic mass is 32.1. The number of aryl methyl sites for hydroxylation is 1. The molecule has 0 radical (unpaired) electrons. The molecule has 12 heteroatoms. The van der Waals surface area contributed by atoms with E-state index in [1.807, 2.05) is 41.5 Å². The number of benzene rings is 1. The van der Waals surface area contributed by atoms with Crippen molar-refractivity contribution in [3.8, 4) is 11.3 Å². The fourth-order valence-electron chi connectivity index (χ4n) is 3.96.